The zero-order chi connectivity index (χ0) is 50.0. The summed E-state index contributed by atoms with van der Waals surface area (Å²) in [5.41, 5.74) is 0. The second-order valence-corrected chi connectivity index (χ2v) is 20.6. The van der Waals surface area contributed by atoms with Crippen LogP contribution in [-0.4, -0.2) is 37.2 Å². The summed E-state index contributed by atoms with van der Waals surface area (Å²) in [5, 5.41) is 0. The summed E-state index contributed by atoms with van der Waals surface area (Å²) in [7, 11) is 0. The van der Waals surface area contributed by atoms with E-state index in [-0.39, 0.29) is 31.1 Å². The standard InChI is InChI=1S/C63H116O6/c1-4-7-10-13-16-19-22-25-28-30-31-32-33-34-36-38-41-44-47-50-53-56-62(65)68-59-60(58-67-61(64)55-52-49-46-43-40-37-27-24-21-18-15-12-9-6-3)69-63(66)57-54-51-48-45-42-39-35-29-26-23-20-17-14-11-8-5-2/h15,18,24,27,29,35,60H,4-14,16-17,19-23,25-26,28,30-34,36-59H2,1-3H3/b18-15-,27-24-,35-29-. The molecule has 404 valence electrons. The summed E-state index contributed by atoms with van der Waals surface area (Å²) in [6.07, 6.45) is 70.0. The Hall–Kier alpha value is -2.37. The third-order valence-corrected chi connectivity index (χ3v) is 13.6. The van der Waals surface area contributed by atoms with Crippen molar-refractivity contribution in [1.82, 2.24) is 0 Å². The highest BCUT2D eigenvalue weighted by molar-refractivity contribution is 5.71. The van der Waals surface area contributed by atoms with Crippen LogP contribution in [0.4, 0.5) is 0 Å². The second-order valence-electron chi connectivity index (χ2n) is 20.6. The Morgan fingerprint density at radius 1 is 0.290 bits per heavy atom. The van der Waals surface area contributed by atoms with Crippen LogP contribution in [0.2, 0.25) is 0 Å². The van der Waals surface area contributed by atoms with Crippen LogP contribution in [0.15, 0.2) is 36.5 Å². The molecule has 0 rings (SSSR count). The molecule has 0 aromatic heterocycles. The summed E-state index contributed by atoms with van der Waals surface area (Å²) in [4.78, 5) is 38.2. The van der Waals surface area contributed by atoms with Gasteiger partial charge in [-0.2, -0.15) is 0 Å². The lowest BCUT2D eigenvalue weighted by Crippen LogP contribution is -2.30. The first-order chi connectivity index (χ1) is 34.0. The van der Waals surface area contributed by atoms with E-state index in [2.05, 4.69) is 57.2 Å². The quantitative estimate of drug-likeness (QED) is 0.0261. The summed E-state index contributed by atoms with van der Waals surface area (Å²) >= 11 is 0. The number of ether oxygens (including phenoxy) is 3. The normalized spacial score (nSPS) is 12.2. The zero-order valence-corrected chi connectivity index (χ0v) is 46.3. The number of esters is 3. The molecular formula is C63H116O6. The predicted octanol–water partition coefficient (Wildman–Crippen LogP) is 20.4. The summed E-state index contributed by atoms with van der Waals surface area (Å²) in [6.45, 7) is 6.63. The Balaban J connectivity index is 4.31. The van der Waals surface area contributed by atoms with Crippen LogP contribution in [-0.2, 0) is 28.6 Å². The number of hydrogen-bond donors (Lipinski definition) is 0. The van der Waals surface area contributed by atoms with Crippen molar-refractivity contribution in [2.75, 3.05) is 13.2 Å². The molecule has 6 nitrogen and oxygen atoms in total. The molecule has 0 aliphatic rings. The number of rotatable bonds is 56. The zero-order valence-electron chi connectivity index (χ0n) is 46.3. The SMILES string of the molecule is CCCC/C=C\C/C=C\CCCCCCCC(=O)OCC(COC(=O)CCCCCCCCCCCCCCCCCCCCCCC)OC(=O)CCCCCCC/C=C\CCCCCCCCC. The topological polar surface area (TPSA) is 78.9 Å². The number of unbranched alkanes of at least 4 members (excludes halogenated alkanes) is 39. The van der Waals surface area contributed by atoms with E-state index in [0.29, 0.717) is 19.3 Å². The molecule has 1 atom stereocenters. The molecule has 0 fully saturated rings. The van der Waals surface area contributed by atoms with Crippen molar-refractivity contribution in [3.05, 3.63) is 36.5 Å². The largest absolute Gasteiger partial charge is 0.462 e. The van der Waals surface area contributed by atoms with Gasteiger partial charge in [-0.25, -0.2) is 0 Å². The van der Waals surface area contributed by atoms with E-state index in [1.165, 1.54) is 205 Å². The molecule has 0 aliphatic carbocycles. The summed E-state index contributed by atoms with van der Waals surface area (Å²) in [6, 6.07) is 0. The Kier molecular flexibility index (Phi) is 56.2. The molecule has 0 aliphatic heterocycles. The molecule has 69 heavy (non-hydrogen) atoms. The number of hydrogen-bond acceptors (Lipinski definition) is 6. The van der Waals surface area contributed by atoms with Gasteiger partial charge in [0, 0.05) is 19.3 Å². The molecule has 0 spiro atoms. The number of carbonyl (C=O) groups is 3. The van der Waals surface area contributed by atoms with Gasteiger partial charge in [-0.3, -0.25) is 14.4 Å². The Morgan fingerprint density at radius 3 is 0.855 bits per heavy atom. The first kappa shape index (κ1) is 66.6. The maximum absolute atomic E-state index is 12.9. The fourth-order valence-corrected chi connectivity index (χ4v) is 8.99. The van der Waals surface area contributed by atoms with Gasteiger partial charge in [0.25, 0.3) is 0 Å². The average Bonchev–Trinajstić information content (AvgIpc) is 3.35. The van der Waals surface area contributed by atoms with E-state index >= 15 is 0 Å². The average molecular weight is 970 g/mol. The lowest BCUT2D eigenvalue weighted by molar-refractivity contribution is -0.167. The van der Waals surface area contributed by atoms with Crippen LogP contribution in [0.1, 0.15) is 329 Å². The molecule has 0 heterocycles. The number of allylic oxidation sites excluding steroid dienone is 6. The van der Waals surface area contributed by atoms with E-state index in [1.807, 2.05) is 0 Å². The van der Waals surface area contributed by atoms with Crippen LogP contribution in [0.3, 0.4) is 0 Å². The van der Waals surface area contributed by atoms with Gasteiger partial charge >= 0.3 is 17.9 Å². The van der Waals surface area contributed by atoms with Crippen LogP contribution >= 0.6 is 0 Å². The summed E-state index contributed by atoms with van der Waals surface area (Å²) in [5.74, 6) is -0.880. The van der Waals surface area contributed by atoms with E-state index in [9.17, 15) is 14.4 Å². The molecule has 0 radical (unpaired) electrons. The molecule has 0 aromatic carbocycles. The summed E-state index contributed by atoms with van der Waals surface area (Å²) < 4.78 is 16.9. The highest BCUT2D eigenvalue weighted by Crippen LogP contribution is 2.17. The van der Waals surface area contributed by atoms with Gasteiger partial charge in [-0.05, 0) is 70.6 Å². The molecule has 0 N–H and O–H groups in total. The van der Waals surface area contributed by atoms with Crippen molar-refractivity contribution in [1.29, 1.82) is 0 Å². The predicted molar refractivity (Wildman–Crippen MR) is 298 cm³/mol. The lowest BCUT2D eigenvalue weighted by Gasteiger charge is -2.18. The van der Waals surface area contributed by atoms with Gasteiger partial charge < -0.3 is 14.2 Å². The van der Waals surface area contributed by atoms with Crippen molar-refractivity contribution in [3.8, 4) is 0 Å². The minimum atomic E-state index is -0.780. The monoisotopic (exact) mass is 969 g/mol. The highest BCUT2D eigenvalue weighted by atomic mass is 16.6. The van der Waals surface area contributed by atoms with Gasteiger partial charge in [0.2, 0.25) is 0 Å². The smallest absolute Gasteiger partial charge is 0.306 e. The van der Waals surface area contributed by atoms with E-state index in [0.717, 1.165) is 83.5 Å². The van der Waals surface area contributed by atoms with Gasteiger partial charge in [-0.1, -0.05) is 276 Å². The lowest BCUT2D eigenvalue weighted by atomic mass is 10.0. The molecule has 0 saturated carbocycles. The molecular weight excluding hydrogens is 853 g/mol. The Bertz CT molecular complexity index is 1160. The van der Waals surface area contributed by atoms with Crippen LogP contribution in [0, 0.1) is 0 Å². The number of carbonyl (C=O) groups excluding carboxylic acids is 3. The Labute approximate surface area is 429 Å². The third-order valence-electron chi connectivity index (χ3n) is 13.6. The van der Waals surface area contributed by atoms with Crippen molar-refractivity contribution in [3.63, 3.8) is 0 Å². The molecule has 1 unspecified atom stereocenters. The van der Waals surface area contributed by atoms with Crippen molar-refractivity contribution < 1.29 is 28.6 Å². The third kappa shape index (κ3) is 56.4. The van der Waals surface area contributed by atoms with Gasteiger partial charge in [0.05, 0.1) is 0 Å². The van der Waals surface area contributed by atoms with Gasteiger partial charge in [0.1, 0.15) is 13.2 Å². The first-order valence-corrected chi connectivity index (χ1v) is 30.5. The minimum Gasteiger partial charge on any atom is -0.462 e. The molecule has 0 aromatic rings. The van der Waals surface area contributed by atoms with Crippen molar-refractivity contribution in [2.24, 2.45) is 0 Å². The molecule has 0 bridgehead atoms. The minimum absolute atomic E-state index is 0.0762. The maximum atomic E-state index is 12.9. The van der Waals surface area contributed by atoms with Crippen molar-refractivity contribution in [2.45, 2.75) is 335 Å². The van der Waals surface area contributed by atoms with E-state index < -0.39 is 6.10 Å². The fraction of sp³-hybridized carbons (Fsp3) is 0.857. The Morgan fingerprint density at radius 2 is 0.536 bits per heavy atom. The van der Waals surface area contributed by atoms with Crippen LogP contribution < -0.4 is 0 Å². The molecule has 6 heteroatoms. The molecule has 0 amide bonds. The maximum Gasteiger partial charge on any atom is 0.306 e. The van der Waals surface area contributed by atoms with Gasteiger partial charge in [0.15, 0.2) is 6.10 Å². The first-order valence-electron chi connectivity index (χ1n) is 30.5. The van der Waals surface area contributed by atoms with Gasteiger partial charge in [-0.15, -0.1) is 0 Å². The van der Waals surface area contributed by atoms with Crippen LogP contribution in [0.25, 0.3) is 0 Å². The fourth-order valence-electron chi connectivity index (χ4n) is 8.99. The van der Waals surface area contributed by atoms with Crippen LogP contribution in [0.5, 0.6) is 0 Å². The molecule has 0 saturated heterocycles. The van der Waals surface area contributed by atoms with E-state index in [1.54, 1.807) is 0 Å². The van der Waals surface area contributed by atoms with E-state index in [4.69, 9.17) is 14.2 Å². The second kappa shape index (κ2) is 58.2. The highest BCUT2D eigenvalue weighted by Gasteiger charge is 2.19. The van der Waals surface area contributed by atoms with Crippen molar-refractivity contribution >= 4 is 17.9 Å².